The number of aromatic nitrogens is 1. The summed E-state index contributed by atoms with van der Waals surface area (Å²) in [5, 5.41) is 5.28. The van der Waals surface area contributed by atoms with Gasteiger partial charge in [0.25, 0.3) is 11.8 Å². The van der Waals surface area contributed by atoms with Gasteiger partial charge in [-0.25, -0.2) is 4.98 Å². The van der Waals surface area contributed by atoms with Gasteiger partial charge in [0.05, 0.1) is 17.3 Å². The molecule has 2 aromatic rings. The monoisotopic (exact) mass is 398 g/mol. The lowest BCUT2D eigenvalue weighted by molar-refractivity contribution is 0.0827. The van der Waals surface area contributed by atoms with Crippen molar-refractivity contribution in [2.45, 2.75) is 13.3 Å². The fourth-order valence-electron chi connectivity index (χ4n) is 2.14. The first-order valence-electron chi connectivity index (χ1n) is 7.90. The summed E-state index contributed by atoms with van der Waals surface area (Å²) in [6.45, 7) is 2.78. The molecule has 0 unspecified atom stereocenters. The smallest absolute Gasteiger partial charge is 0.275 e. The lowest BCUT2D eigenvalue weighted by Crippen LogP contribution is -2.22. The zero-order valence-corrected chi connectivity index (χ0v) is 16.6. The van der Waals surface area contributed by atoms with Crippen molar-refractivity contribution in [2.24, 2.45) is 5.73 Å². The molecular weight excluding hydrogens is 376 g/mol. The number of carbonyl (C=O) groups excluding carboxylic acids is 2. The zero-order chi connectivity index (χ0) is 18.4. The summed E-state index contributed by atoms with van der Waals surface area (Å²) in [7, 11) is 3.34. The maximum absolute atomic E-state index is 12.5. The number of amides is 2. The van der Waals surface area contributed by atoms with Crippen LogP contribution in [0, 0.1) is 0 Å². The SMILES string of the molecule is CCOc1ccc(C(=O)N(C)C)cc1NC(=O)c1csc(CCN)n1.Cl. The van der Waals surface area contributed by atoms with E-state index in [-0.39, 0.29) is 24.2 Å². The van der Waals surface area contributed by atoms with Crippen molar-refractivity contribution in [3.05, 3.63) is 39.8 Å². The van der Waals surface area contributed by atoms with Crippen LogP contribution in [0.3, 0.4) is 0 Å². The number of anilines is 1. The number of ether oxygens (including phenoxy) is 1. The Morgan fingerprint density at radius 3 is 2.69 bits per heavy atom. The highest BCUT2D eigenvalue weighted by molar-refractivity contribution is 7.09. The number of halogens is 1. The minimum absolute atomic E-state index is 0. The molecule has 7 nitrogen and oxygen atoms in total. The van der Waals surface area contributed by atoms with Crippen LogP contribution in [0.4, 0.5) is 5.69 Å². The maximum Gasteiger partial charge on any atom is 0.275 e. The van der Waals surface area contributed by atoms with E-state index >= 15 is 0 Å². The second-order valence-corrected chi connectivity index (χ2v) is 6.41. The van der Waals surface area contributed by atoms with Crippen molar-refractivity contribution < 1.29 is 14.3 Å². The summed E-state index contributed by atoms with van der Waals surface area (Å²) in [6.07, 6.45) is 0.634. The number of benzene rings is 1. The number of carbonyl (C=O) groups is 2. The quantitative estimate of drug-likeness (QED) is 0.746. The van der Waals surface area contributed by atoms with Crippen molar-refractivity contribution >= 4 is 41.2 Å². The van der Waals surface area contributed by atoms with Crippen molar-refractivity contribution in [3.8, 4) is 5.75 Å². The first-order chi connectivity index (χ1) is 12.0. The van der Waals surface area contributed by atoms with Crippen molar-refractivity contribution in [3.63, 3.8) is 0 Å². The molecule has 0 radical (unpaired) electrons. The van der Waals surface area contributed by atoms with Crippen LogP contribution in [0.25, 0.3) is 0 Å². The molecule has 0 saturated heterocycles. The van der Waals surface area contributed by atoms with E-state index in [2.05, 4.69) is 10.3 Å². The third kappa shape index (κ3) is 5.42. The lowest BCUT2D eigenvalue weighted by atomic mass is 10.1. The van der Waals surface area contributed by atoms with E-state index in [0.717, 1.165) is 5.01 Å². The third-order valence-electron chi connectivity index (χ3n) is 3.32. The van der Waals surface area contributed by atoms with Gasteiger partial charge in [-0.2, -0.15) is 0 Å². The molecule has 9 heteroatoms. The Morgan fingerprint density at radius 1 is 1.35 bits per heavy atom. The van der Waals surface area contributed by atoms with E-state index in [0.29, 0.717) is 42.3 Å². The molecule has 3 N–H and O–H groups in total. The summed E-state index contributed by atoms with van der Waals surface area (Å²) >= 11 is 1.40. The summed E-state index contributed by atoms with van der Waals surface area (Å²) < 4.78 is 5.54. The summed E-state index contributed by atoms with van der Waals surface area (Å²) in [5.74, 6) is -0.00377. The Labute approximate surface area is 163 Å². The molecule has 0 aliphatic heterocycles. The molecule has 1 heterocycles. The highest BCUT2D eigenvalue weighted by atomic mass is 35.5. The molecule has 0 bridgehead atoms. The fourth-order valence-corrected chi connectivity index (χ4v) is 2.93. The second kappa shape index (κ2) is 10.1. The lowest BCUT2D eigenvalue weighted by Gasteiger charge is -2.15. The number of hydrogen-bond donors (Lipinski definition) is 2. The molecule has 0 fully saturated rings. The number of nitrogens with two attached hydrogens (primary N) is 1. The second-order valence-electron chi connectivity index (χ2n) is 5.46. The molecule has 1 aromatic heterocycles. The van der Waals surface area contributed by atoms with Crippen LogP contribution in [0.2, 0.25) is 0 Å². The van der Waals surface area contributed by atoms with E-state index < -0.39 is 0 Å². The van der Waals surface area contributed by atoms with Crippen LogP contribution in [-0.4, -0.2) is 48.9 Å². The number of nitrogens with zero attached hydrogens (tertiary/aromatic N) is 2. The van der Waals surface area contributed by atoms with Gasteiger partial charge < -0.3 is 20.7 Å². The van der Waals surface area contributed by atoms with Crippen LogP contribution < -0.4 is 15.8 Å². The van der Waals surface area contributed by atoms with Gasteiger partial charge in [0, 0.05) is 31.5 Å². The van der Waals surface area contributed by atoms with Crippen LogP contribution in [0.1, 0.15) is 32.8 Å². The van der Waals surface area contributed by atoms with Crippen LogP contribution >= 0.6 is 23.7 Å². The Kier molecular flexibility index (Phi) is 8.50. The number of hydrogen-bond acceptors (Lipinski definition) is 6. The van der Waals surface area contributed by atoms with Gasteiger partial charge in [0.1, 0.15) is 11.4 Å². The molecule has 142 valence electrons. The van der Waals surface area contributed by atoms with Gasteiger partial charge in [-0.1, -0.05) is 0 Å². The van der Waals surface area contributed by atoms with Crippen molar-refractivity contribution in [1.29, 1.82) is 0 Å². The first kappa shape index (κ1) is 21.9. The molecular formula is C17H23ClN4O3S. The van der Waals surface area contributed by atoms with Crippen LogP contribution in [0.5, 0.6) is 5.75 Å². The topological polar surface area (TPSA) is 97.5 Å². The number of nitrogens with one attached hydrogen (secondary N) is 1. The Bertz CT molecular complexity index is 764. The molecule has 0 saturated carbocycles. The van der Waals surface area contributed by atoms with Crippen molar-refractivity contribution in [2.75, 3.05) is 32.6 Å². The van der Waals surface area contributed by atoms with E-state index in [4.69, 9.17) is 10.5 Å². The van der Waals surface area contributed by atoms with Gasteiger partial charge in [-0.3, -0.25) is 9.59 Å². The van der Waals surface area contributed by atoms with Crippen molar-refractivity contribution in [1.82, 2.24) is 9.88 Å². The predicted molar refractivity (Wildman–Crippen MR) is 106 cm³/mol. The average molecular weight is 399 g/mol. The van der Waals surface area contributed by atoms with Gasteiger partial charge in [-0.05, 0) is 31.7 Å². The highest BCUT2D eigenvalue weighted by Crippen LogP contribution is 2.27. The van der Waals surface area contributed by atoms with Gasteiger partial charge >= 0.3 is 0 Å². The molecule has 2 amide bonds. The molecule has 2 rings (SSSR count). The minimum atomic E-state index is -0.352. The molecule has 0 aliphatic carbocycles. The fraction of sp³-hybridized carbons (Fsp3) is 0.353. The van der Waals surface area contributed by atoms with E-state index in [1.165, 1.54) is 16.2 Å². The van der Waals surface area contributed by atoms with Crippen LogP contribution in [0.15, 0.2) is 23.6 Å². The minimum Gasteiger partial charge on any atom is -0.492 e. The van der Waals surface area contributed by atoms with E-state index in [1.807, 2.05) is 6.92 Å². The van der Waals surface area contributed by atoms with Gasteiger partial charge in [-0.15, -0.1) is 23.7 Å². The molecule has 0 aliphatic rings. The van der Waals surface area contributed by atoms with Crippen LogP contribution in [-0.2, 0) is 6.42 Å². The normalized spacial score (nSPS) is 10.0. The summed E-state index contributed by atoms with van der Waals surface area (Å²) in [5.41, 5.74) is 6.73. The van der Waals surface area contributed by atoms with E-state index in [9.17, 15) is 9.59 Å². The highest BCUT2D eigenvalue weighted by Gasteiger charge is 2.16. The number of rotatable bonds is 7. The Morgan fingerprint density at radius 2 is 2.08 bits per heavy atom. The first-order valence-corrected chi connectivity index (χ1v) is 8.78. The van der Waals surface area contributed by atoms with Gasteiger partial charge in [0.15, 0.2) is 0 Å². The average Bonchev–Trinajstić information content (AvgIpc) is 3.05. The Balaban J connectivity index is 0.00000338. The standard InChI is InChI=1S/C17H22N4O3S.ClH/c1-4-24-14-6-5-11(17(23)21(2)3)9-12(14)20-16(22)13-10-25-15(19-13)7-8-18;/h5-6,9-10H,4,7-8,18H2,1-3H3,(H,20,22);1H. The van der Waals surface area contributed by atoms with Gasteiger partial charge in [0.2, 0.25) is 0 Å². The van der Waals surface area contributed by atoms with E-state index in [1.54, 1.807) is 37.7 Å². The third-order valence-corrected chi connectivity index (χ3v) is 4.23. The molecule has 0 atom stereocenters. The molecule has 26 heavy (non-hydrogen) atoms. The Hall–Kier alpha value is -2.16. The number of thiazole rings is 1. The molecule has 0 spiro atoms. The molecule has 1 aromatic carbocycles. The summed E-state index contributed by atoms with van der Waals surface area (Å²) in [6, 6.07) is 4.96. The predicted octanol–water partition coefficient (Wildman–Crippen LogP) is 2.42. The largest absolute Gasteiger partial charge is 0.492 e. The maximum atomic E-state index is 12.5. The zero-order valence-electron chi connectivity index (χ0n) is 14.9. The summed E-state index contributed by atoms with van der Waals surface area (Å²) in [4.78, 5) is 30.3.